The van der Waals surface area contributed by atoms with Crippen molar-refractivity contribution in [3.05, 3.63) is 60.2 Å². The molecule has 156 valence electrons. The first-order chi connectivity index (χ1) is 13.5. The molecule has 2 aromatic rings. The van der Waals surface area contributed by atoms with Crippen LogP contribution in [0, 0.1) is 0 Å². The molecule has 2 aromatic carbocycles. The number of nitrogens with zero attached hydrogens (tertiary/aromatic N) is 1. The highest BCUT2D eigenvalue weighted by molar-refractivity contribution is 5.98. The van der Waals surface area contributed by atoms with E-state index in [4.69, 9.17) is 5.73 Å². The van der Waals surface area contributed by atoms with Gasteiger partial charge < -0.3 is 16.0 Å². The molecule has 6 heteroatoms. The Morgan fingerprint density at radius 1 is 1.00 bits per heavy atom. The second-order valence-electron chi connectivity index (χ2n) is 7.52. The van der Waals surface area contributed by atoms with Gasteiger partial charge in [-0.15, -0.1) is 12.4 Å². The minimum absolute atomic E-state index is 0. The summed E-state index contributed by atoms with van der Waals surface area (Å²) in [5, 5.41) is 2.93. The topological polar surface area (TPSA) is 75.4 Å². The van der Waals surface area contributed by atoms with E-state index in [1.165, 1.54) is 0 Å². The molecule has 1 saturated carbocycles. The summed E-state index contributed by atoms with van der Waals surface area (Å²) in [4.78, 5) is 27.0. The van der Waals surface area contributed by atoms with E-state index in [1.807, 2.05) is 61.5 Å². The third-order valence-corrected chi connectivity index (χ3v) is 5.45. The second kappa shape index (κ2) is 10.4. The van der Waals surface area contributed by atoms with E-state index in [-0.39, 0.29) is 24.2 Å². The quantitative estimate of drug-likeness (QED) is 0.738. The molecule has 3 rings (SSSR count). The van der Waals surface area contributed by atoms with Crippen molar-refractivity contribution < 1.29 is 9.59 Å². The largest absolute Gasteiger partial charge is 0.324 e. The summed E-state index contributed by atoms with van der Waals surface area (Å²) in [6.07, 6.45) is 4.93. The molecule has 0 bridgehead atoms. The van der Waals surface area contributed by atoms with Crippen LogP contribution in [-0.2, 0) is 16.0 Å². The third-order valence-electron chi connectivity index (χ3n) is 5.45. The van der Waals surface area contributed by atoms with Crippen LogP contribution in [0.2, 0.25) is 0 Å². The minimum Gasteiger partial charge on any atom is -0.324 e. The van der Waals surface area contributed by atoms with Crippen LogP contribution in [0.25, 0.3) is 0 Å². The van der Waals surface area contributed by atoms with Gasteiger partial charge in [0.25, 0.3) is 0 Å². The monoisotopic (exact) mass is 415 g/mol. The molecule has 3 N–H and O–H groups in total. The standard InChI is InChI=1S/C23H29N3O2.ClH/c1-2-26(20-9-5-3-6-10-20)21(27)17-18-11-13-19(14-12-18)25-22(28)23(24)15-7-4-8-16-23;/h3,5-6,9-14H,2,4,7-8,15-17,24H2,1H3,(H,25,28);1H. The lowest BCUT2D eigenvalue weighted by molar-refractivity contribution is -0.122. The number of carbonyl (C=O) groups excluding carboxylic acids is 2. The van der Waals surface area contributed by atoms with E-state index >= 15 is 0 Å². The SMILES string of the molecule is CCN(C(=O)Cc1ccc(NC(=O)C2(N)CCCCC2)cc1)c1ccccc1.Cl. The highest BCUT2D eigenvalue weighted by atomic mass is 35.5. The molecule has 29 heavy (non-hydrogen) atoms. The number of hydrogen-bond donors (Lipinski definition) is 2. The predicted octanol–water partition coefficient (Wildman–Crippen LogP) is 4.30. The molecule has 0 spiro atoms. The summed E-state index contributed by atoms with van der Waals surface area (Å²) in [6.45, 7) is 2.59. The fourth-order valence-electron chi connectivity index (χ4n) is 3.75. The molecule has 1 aliphatic rings. The van der Waals surface area contributed by atoms with Gasteiger partial charge in [0.05, 0.1) is 12.0 Å². The molecular formula is C23H30ClN3O2. The lowest BCUT2D eigenvalue weighted by atomic mass is 9.82. The number of amides is 2. The van der Waals surface area contributed by atoms with Gasteiger partial charge in [-0.05, 0) is 49.6 Å². The summed E-state index contributed by atoms with van der Waals surface area (Å²) >= 11 is 0. The number of para-hydroxylation sites is 1. The van der Waals surface area contributed by atoms with E-state index in [9.17, 15) is 9.59 Å². The molecule has 0 heterocycles. The van der Waals surface area contributed by atoms with Gasteiger partial charge in [0, 0.05) is 17.9 Å². The zero-order valence-electron chi connectivity index (χ0n) is 16.9. The van der Waals surface area contributed by atoms with Gasteiger partial charge in [-0.25, -0.2) is 0 Å². The number of nitrogens with one attached hydrogen (secondary N) is 1. The Morgan fingerprint density at radius 2 is 1.62 bits per heavy atom. The number of rotatable bonds is 6. The lowest BCUT2D eigenvalue weighted by Gasteiger charge is -2.31. The van der Waals surface area contributed by atoms with E-state index in [0.29, 0.717) is 18.7 Å². The van der Waals surface area contributed by atoms with Crippen LogP contribution in [-0.4, -0.2) is 23.9 Å². The summed E-state index contributed by atoms with van der Waals surface area (Å²) in [6, 6.07) is 17.1. The lowest BCUT2D eigenvalue weighted by Crippen LogP contribution is -2.52. The van der Waals surface area contributed by atoms with Gasteiger partial charge in [0.2, 0.25) is 11.8 Å². The maximum atomic E-state index is 12.7. The molecule has 0 aliphatic heterocycles. The number of likely N-dealkylation sites (N-methyl/N-ethyl adjacent to an activating group) is 1. The van der Waals surface area contributed by atoms with Crippen LogP contribution in [0.3, 0.4) is 0 Å². The molecular weight excluding hydrogens is 386 g/mol. The molecule has 5 nitrogen and oxygen atoms in total. The first-order valence-electron chi connectivity index (χ1n) is 10.1. The average Bonchev–Trinajstić information content (AvgIpc) is 2.71. The molecule has 2 amide bonds. The number of halogens is 1. The van der Waals surface area contributed by atoms with Crippen LogP contribution in [0.4, 0.5) is 11.4 Å². The van der Waals surface area contributed by atoms with E-state index in [0.717, 1.165) is 43.4 Å². The summed E-state index contributed by atoms with van der Waals surface area (Å²) in [5.41, 5.74) is 8.06. The normalized spacial score (nSPS) is 15.1. The van der Waals surface area contributed by atoms with Crippen LogP contribution in [0.5, 0.6) is 0 Å². The van der Waals surface area contributed by atoms with E-state index < -0.39 is 5.54 Å². The molecule has 0 atom stereocenters. The highest BCUT2D eigenvalue weighted by Gasteiger charge is 2.35. The second-order valence-corrected chi connectivity index (χ2v) is 7.52. The maximum absolute atomic E-state index is 12.7. The molecule has 0 radical (unpaired) electrons. The van der Waals surface area contributed by atoms with Gasteiger partial charge in [0.15, 0.2) is 0 Å². The molecule has 1 aliphatic carbocycles. The maximum Gasteiger partial charge on any atom is 0.244 e. The number of benzene rings is 2. The fourth-order valence-corrected chi connectivity index (χ4v) is 3.75. The Hall–Kier alpha value is -2.37. The molecule has 0 aromatic heterocycles. The Morgan fingerprint density at radius 3 is 2.21 bits per heavy atom. The minimum atomic E-state index is -0.760. The number of nitrogens with two attached hydrogens (primary N) is 1. The zero-order chi connectivity index (χ0) is 20.0. The highest BCUT2D eigenvalue weighted by Crippen LogP contribution is 2.27. The molecule has 0 unspecified atom stereocenters. The first kappa shape index (κ1) is 22.9. The summed E-state index contributed by atoms with van der Waals surface area (Å²) in [7, 11) is 0. The first-order valence-corrected chi connectivity index (χ1v) is 10.1. The smallest absolute Gasteiger partial charge is 0.244 e. The Balaban J connectivity index is 0.00000300. The predicted molar refractivity (Wildman–Crippen MR) is 120 cm³/mol. The third kappa shape index (κ3) is 5.81. The van der Waals surface area contributed by atoms with Crippen molar-refractivity contribution in [2.75, 3.05) is 16.8 Å². The summed E-state index contributed by atoms with van der Waals surface area (Å²) in [5.74, 6) is -0.0640. The van der Waals surface area contributed by atoms with Gasteiger partial charge in [-0.1, -0.05) is 49.6 Å². The van der Waals surface area contributed by atoms with Crippen molar-refractivity contribution in [3.63, 3.8) is 0 Å². The van der Waals surface area contributed by atoms with Crippen molar-refractivity contribution in [3.8, 4) is 0 Å². The van der Waals surface area contributed by atoms with Gasteiger partial charge in [-0.3, -0.25) is 9.59 Å². The van der Waals surface area contributed by atoms with E-state index in [1.54, 1.807) is 4.90 Å². The molecule has 1 fully saturated rings. The average molecular weight is 416 g/mol. The van der Waals surface area contributed by atoms with Crippen molar-refractivity contribution in [1.82, 2.24) is 0 Å². The zero-order valence-corrected chi connectivity index (χ0v) is 17.7. The van der Waals surface area contributed by atoms with Crippen molar-refractivity contribution in [2.45, 2.75) is 51.0 Å². The van der Waals surface area contributed by atoms with Gasteiger partial charge >= 0.3 is 0 Å². The van der Waals surface area contributed by atoms with Crippen molar-refractivity contribution in [2.24, 2.45) is 5.73 Å². The van der Waals surface area contributed by atoms with Crippen LogP contribution >= 0.6 is 12.4 Å². The number of hydrogen-bond acceptors (Lipinski definition) is 3. The summed E-state index contributed by atoms with van der Waals surface area (Å²) < 4.78 is 0. The van der Waals surface area contributed by atoms with Gasteiger partial charge in [-0.2, -0.15) is 0 Å². The van der Waals surface area contributed by atoms with Crippen LogP contribution < -0.4 is 16.0 Å². The van der Waals surface area contributed by atoms with Crippen molar-refractivity contribution in [1.29, 1.82) is 0 Å². The van der Waals surface area contributed by atoms with Gasteiger partial charge in [0.1, 0.15) is 0 Å². The number of carbonyl (C=O) groups is 2. The fraction of sp³-hybridized carbons (Fsp3) is 0.391. The Kier molecular flexibility index (Phi) is 8.23. The van der Waals surface area contributed by atoms with Crippen LogP contribution in [0.15, 0.2) is 54.6 Å². The van der Waals surface area contributed by atoms with Crippen LogP contribution in [0.1, 0.15) is 44.6 Å². The van der Waals surface area contributed by atoms with Crippen molar-refractivity contribution >= 4 is 35.6 Å². The Labute approximate surface area is 179 Å². The number of anilines is 2. The molecule has 0 saturated heterocycles. The Bertz CT molecular complexity index is 803. The van der Waals surface area contributed by atoms with E-state index in [2.05, 4.69) is 5.32 Å².